The number of likely N-dealkylation sites (tertiary alicyclic amines) is 2. The molecule has 3 aliphatic rings. The van der Waals surface area contributed by atoms with Crippen LogP contribution in [-0.4, -0.2) is 85.7 Å². The molecule has 1 saturated carbocycles. The minimum atomic E-state index is 0. The Hall–Kier alpha value is 0.270. The Morgan fingerprint density at radius 3 is 2.41 bits per heavy atom. The summed E-state index contributed by atoms with van der Waals surface area (Å²) in [5.74, 6) is 1.01. The highest BCUT2D eigenvalue weighted by Gasteiger charge is 2.39. The van der Waals surface area contributed by atoms with Crippen LogP contribution in [0.5, 0.6) is 0 Å². The second-order valence-electron chi connectivity index (χ2n) is 8.51. The van der Waals surface area contributed by atoms with Gasteiger partial charge in [0.2, 0.25) is 0 Å². The number of piperidine rings is 2. The Bertz CT molecular complexity index is 461. The van der Waals surface area contributed by atoms with Crippen LogP contribution in [-0.2, 0) is 0 Å². The van der Waals surface area contributed by atoms with E-state index < -0.39 is 0 Å². The van der Waals surface area contributed by atoms with Crippen molar-refractivity contribution >= 4 is 41.7 Å². The van der Waals surface area contributed by atoms with Gasteiger partial charge in [-0.3, -0.25) is 9.89 Å². The molecule has 0 radical (unpaired) electrons. The molecule has 0 aromatic heterocycles. The Morgan fingerprint density at radius 2 is 1.81 bits per heavy atom. The first-order chi connectivity index (χ1) is 12.6. The number of guanidine groups is 1. The minimum Gasteiger partial charge on any atom is -0.355 e. The molecular formula is C20H40IN5S. The number of hydrogen-bond donors (Lipinski definition) is 2. The molecule has 2 unspecified atom stereocenters. The molecule has 0 bridgehead atoms. The van der Waals surface area contributed by atoms with Crippen molar-refractivity contribution in [3.63, 3.8) is 0 Å². The minimum absolute atomic E-state index is 0. The molecule has 3 fully saturated rings. The fourth-order valence-corrected chi connectivity index (χ4v) is 5.73. The van der Waals surface area contributed by atoms with E-state index in [1.165, 1.54) is 77.5 Å². The van der Waals surface area contributed by atoms with Gasteiger partial charge in [-0.25, -0.2) is 0 Å². The van der Waals surface area contributed by atoms with Crippen molar-refractivity contribution in [2.24, 2.45) is 4.99 Å². The lowest BCUT2D eigenvalue weighted by Gasteiger charge is -2.50. The normalized spacial score (nSPS) is 30.0. The van der Waals surface area contributed by atoms with Crippen molar-refractivity contribution in [3.05, 3.63) is 0 Å². The lowest BCUT2D eigenvalue weighted by molar-refractivity contribution is 0.0173. The molecule has 5 nitrogen and oxygen atoms in total. The summed E-state index contributed by atoms with van der Waals surface area (Å²) in [7, 11) is 4.18. The molecule has 2 aliphatic heterocycles. The second kappa shape index (κ2) is 11.5. The number of aliphatic imine (C=N–C) groups is 1. The third kappa shape index (κ3) is 6.37. The van der Waals surface area contributed by atoms with Crippen molar-refractivity contribution in [2.45, 2.75) is 68.2 Å². The molecule has 2 heterocycles. The van der Waals surface area contributed by atoms with Crippen molar-refractivity contribution in [3.8, 4) is 0 Å². The van der Waals surface area contributed by atoms with Crippen molar-refractivity contribution in [1.29, 1.82) is 0 Å². The summed E-state index contributed by atoms with van der Waals surface area (Å²) in [4.78, 5) is 9.81. The first-order valence-corrected chi connectivity index (χ1v) is 11.9. The van der Waals surface area contributed by atoms with Crippen molar-refractivity contribution in [1.82, 2.24) is 20.4 Å². The SMILES string of the molecule is CN=C(NCC1(N2CCCCC2)CCN(C)CC1)NC1CCC(SC)C1.I. The van der Waals surface area contributed by atoms with Gasteiger partial charge in [-0.1, -0.05) is 6.42 Å². The summed E-state index contributed by atoms with van der Waals surface area (Å²) in [5.41, 5.74) is 0.308. The average Bonchev–Trinajstić information content (AvgIpc) is 3.15. The van der Waals surface area contributed by atoms with Crippen LogP contribution in [0.15, 0.2) is 4.99 Å². The number of hydrogen-bond acceptors (Lipinski definition) is 4. The zero-order valence-electron chi connectivity index (χ0n) is 17.5. The maximum absolute atomic E-state index is 4.54. The van der Waals surface area contributed by atoms with Crippen LogP contribution >= 0.6 is 35.7 Å². The summed E-state index contributed by atoms with van der Waals surface area (Å²) in [6.07, 6.45) is 12.8. The van der Waals surface area contributed by atoms with E-state index in [4.69, 9.17) is 0 Å². The average molecular weight is 510 g/mol. The molecule has 3 rings (SSSR count). The van der Waals surface area contributed by atoms with Gasteiger partial charge in [0.15, 0.2) is 5.96 Å². The van der Waals surface area contributed by atoms with Gasteiger partial charge < -0.3 is 15.5 Å². The smallest absolute Gasteiger partial charge is 0.191 e. The Kier molecular flexibility index (Phi) is 9.99. The van der Waals surface area contributed by atoms with Gasteiger partial charge in [-0.05, 0) is 84.4 Å². The third-order valence-electron chi connectivity index (χ3n) is 6.81. The van der Waals surface area contributed by atoms with Crippen LogP contribution in [0, 0.1) is 0 Å². The zero-order chi connectivity index (χ0) is 18.4. The van der Waals surface area contributed by atoms with Crippen LogP contribution in [0.2, 0.25) is 0 Å². The summed E-state index contributed by atoms with van der Waals surface area (Å²) in [5, 5.41) is 8.24. The van der Waals surface area contributed by atoms with E-state index in [2.05, 4.69) is 38.7 Å². The van der Waals surface area contributed by atoms with E-state index in [0.29, 0.717) is 11.6 Å². The standard InChI is InChI=1S/C20H39N5S.HI/c1-21-19(23-17-7-8-18(15-17)26-3)22-16-20(9-13-24(2)14-10-20)25-11-5-4-6-12-25;/h17-18H,4-16H2,1-3H3,(H2,21,22,23);1H. The number of nitrogens with zero attached hydrogens (tertiary/aromatic N) is 3. The molecule has 158 valence electrons. The highest BCUT2D eigenvalue weighted by Crippen LogP contribution is 2.31. The highest BCUT2D eigenvalue weighted by atomic mass is 127. The van der Waals surface area contributed by atoms with E-state index >= 15 is 0 Å². The third-order valence-corrected chi connectivity index (χ3v) is 7.91. The van der Waals surface area contributed by atoms with Gasteiger partial charge >= 0.3 is 0 Å². The van der Waals surface area contributed by atoms with Gasteiger partial charge in [0.1, 0.15) is 0 Å². The first kappa shape index (κ1) is 23.5. The summed E-state index contributed by atoms with van der Waals surface area (Å²) in [6.45, 7) is 5.99. The van der Waals surface area contributed by atoms with Crippen molar-refractivity contribution < 1.29 is 0 Å². The van der Waals surface area contributed by atoms with Gasteiger partial charge in [-0.2, -0.15) is 11.8 Å². The van der Waals surface area contributed by atoms with Crippen LogP contribution in [0.4, 0.5) is 0 Å². The molecule has 0 aromatic rings. The number of thioether (sulfide) groups is 1. The number of halogens is 1. The maximum Gasteiger partial charge on any atom is 0.191 e. The molecule has 2 saturated heterocycles. The summed E-state index contributed by atoms with van der Waals surface area (Å²) >= 11 is 2.01. The Labute approximate surface area is 187 Å². The molecule has 27 heavy (non-hydrogen) atoms. The number of nitrogens with one attached hydrogen (secondary N) is 2. The van der Waals surface area contributed by atoms with Crippen LogP contribution in [0.3, 0.4) is 0 Å². The van der Waals surface area contributed by atoms with Gasteiger partial charge in [0.05, 0.1) is 0 Å². The largest absolute Gasteiger partial charge is 0.355 e. The van der Waals surface area contributed by atoms with Crippen LogP contribution < -0.4 is 10.6 Å². The Balaban J connectivity index is 0.00000261. The fraction of sp³-hybridized carbons (Fsp3) is 0.950. The first-order valence-electron chi connectivity index (χ1n) is 10.6. The highest BCUT2D eigenvalue weighted by molar-refractivity contribution is 14.0. The van der Waals surface area contributed by atoms with Gasteiger partial charge in [0.25, 0.3) is 0 Å². The monoisotopic (exact) mass is 509 g/mol. The molecule has 0 spiro atoms. The van der Waals surface area contributed by atoms with E-state index in [0.717, 1.165) is 17.8 Å². The van der Waals surface area contributed by atoms with E-state index in [1.54, 1.807) is 0 Å². The fourth-order valence-electron chi connectivity index (χ4n) is 4.93. The topological polar surface area (TPSA) is 42.9 Å². The molecular weight excluding hydrogens is 469 g/mol. The predicted octanol–water partition coefficient (Wildman–Crippen LogP) is 3.00. The van der Waals surface area contributed by atoms with E-state index in [1.807, 2.05) is 18.8 Å². The molecule has 1 aliphatic carbocycles. The van der Waals surface area contributed by atoms with E-state index in [9.17, 15) is 0 Å². The van der Waals surface area contributed by atoms with Crippen LogP contribution in [0.25, 0.3) is 0 Å². The maximum atomic E-state index is 4.54. The zero-order valence-corrected chi connectivity index (χ0v) is 20.7. The molecule has 2 atom stereocenters. The molecule has 2 N–H and O–H groups in total. The Morgan fingerprint density at radius 1 is 1.11 bits per heavy atom. The predicted molar refractivity (Wildman–Crippen MR) is 130 cm³/mol. The molecule has 0 aromatic carbocycles. The second-order valence-corrected chi connectivity index (χ2v) is 9.65. The molecule has 7 heteroatoms. The van der Waals surface area contributed by atoms with Crippen LogP contribution in [0.1, 0.15) is 51.4 Å². The van der Waals surface area contributed by atoms with Crippen molar-refractivity contribution in [2.75, 3.05) is 53.1 Å². The quantitative estimate of drug-likeness (QED) is 0.339. The van der Waals surface area contributed by atoms with Gasteiger partial charge in [-0.15, -0.1) is 24.0 Å². The number of rotatable bonds is 5. The lowest BCUT2D eigenvalue weighted by atomic mass is 9.84. The van der Waals surface area contributed by atoms with E-state index in [-0.39, 0.29) is 24.0 Å². The van der Waals surface area contributed by atoms with Gasteiger partial charge in [0, 0.05) is 30.4 Å². The summed E-state index contributed by atoms with van der Waals surface area (Å²) < 4.78 is 0. The lowest BCUT2D eigenvalue weighted by Crippen LogP contribution is -2.62. The molecule has 0 amide bonds. The summed E-state index contributed by atoms with van der Waals surface area (Å²) in [6, 6.07) is 0.585.